The normalized spacial score (nSPS) is 31.6. The highest BCUT2D eigenvalue weighted by Gasteiger charge is 2.39. The Morgan fingerprint density at radius 2 is 2.29 bits per heavy atom. The molecule has 1 heterocycles. The molecule has 1 aliphatic heterocycles. The van der Waals surface area contributed by atoms with Crippen molar-refractivity contribution in [2.45, 2.75) is 43.9 Å². The summed E-state index contributed by atoms with van der Waals surface area (Å²) in [4.78, 5) is 13.9. The van der Waals surface area contributed by atoms with E-state index in [9.17, 15) is 4.79 Å². The molecule has 0 aromatic carbocycles. The van der Waals surface area contributed by atoms with E-state index in [1.165, 1.54) is 20.0 Å². The molecule has 0 aromatic rings. The van der Waals surface area contributed by atoms with Crippen LogP contribution in [0.3, 0.4) is 0 Å². The zero-order valence-corrected chi connectivity index (χ0v) is 10.4. The van der Waals surface area contributed by atoms with E-state index in [0.717, 1.165) is 19.4 Å². The first-order chi connectivity index (χ1) is 8.27. The van der Waals surface area contributed by atoms with Crippen molar-refractivity contribution in [3.05, 3.63) is 0 Å². The van der Waals surface area contributed by atoms with Gasteiger partial charge >= 0.3 is 5.97 Å². The molecule has 0 spiro atoms. The van der Waals surface area contributed by atoms with Crippen molar-refractivity contribution < 1.29 is 14.3 Å². The maximum absolute atomic E-state index is 11.7. The summed E-state index contributed by atoms with van der Waals surface area (Å²) in [5.41, 5.74) is 5.72. The molecule has 0 amide bonds. The maximum Gasteiger partial charge on any atom is 0.324 e. The summed E-state index contributed by atoms with van der Waals surface area (Å²) in [5.74, 6) is -0.223. The Balaban J connectivity index is 2.08. The number of methoxy groups -OCH3 is 1. The van der Waals surface area contributed by atoms with Crippen LogP contribution in [0.1, 0.15) is 25.7 Å². The number of nitrogens with two attached hydrogens (primary N) is 1. The fraction of sp³-hybridized carbons (Fsp3) is 0.917. The molecule has 5 heteroatoms. The lowest BCUT2D eigenvalue weighted by molar-refractivity contribution is -0.156. The van der Waals surface area contributed by atoms with Gasteiger partial charge in [0.25, 0.3) is 0 Å². The van der Waals surface area contributed by atoms with E-state index >= 15 is 0 Å². The SMILES string of the molecule is COC(=O)C(CN)N1CCOC2CCCCC21. The molecule has 17 heavy (non-hydrogen) atoms. The minimum atomic E-state index is -0.311. The molecule has 3 unspecified atom stereocenters. The van der Waals surface area contributed by atoms with Crippen molar-refractivity contribution in [1.29, 1.82) is 0 Å². The van der Waals surface area contributed by atoms with Crippen molar-refractivity contribution in [1.82, 2.24) is 4.90 Å². The Hall–Kier alpha value is -0.650. The monoisotopic (exact) mass is 242 g/mol. The molecule has 2 N–H and O–H groups in total. The van der Waals surface area contributed by atoms with Gasteiger partial charge in [0.15, 0.2) is 0 Å². The van der Waals surface area contributed by atoms with Gasteiger partial charge in [0.05, 0.1) is 19.8 Å². The Bertz CT molecular complexity index is 270. The summed E-state index contributed by atoms with van der Waals surface area (Å²) in [7, 11) is 1.42. The van der Waals surface area contributed by atoms with Gasteiger partial charge in [-0.05, 0) is 12.8 Å². The number of morpholine rings is 1. The number of fused-ring (bicyclic) bond motifs is 1. The van der Waals surface area contributed by atoms with Crippen molar-refractivity contribution in [3.63, 3.8) is 0 Å². The quantitative estimate of drug-likeness (QED) is 0.713. The van der Waals surface area contributed by atoms with Crippen LogP contribution in [0.4, 0.5) is 0 Å². The van der Waals surface area contributed by atoms with Gasteiger partial charge in [-0.15, -0.1) is 0 Å². The van der Waals surface area contributed by atoms with E-state index < -0.39 is 0 Å². The van der Waals surface area contributed by atoms with E-state index in [4.69, 9.17) is 15.2 Å². The Morgan fingerprint density at radius 1 is 1.53 bits per heavy atom. The Labute approximate surface area is 102 Å². The van der Waals surface area contributed by atoms with Gasteiger partial charge in [0.1, 0.15) is 6.04 Å². The van der Waals surface area contributed by atoms with E-state index in [0.29, 0.717) is 19.2 Å². The van der Waals surface area contributed by atoms with Crippen LogP contribution in [-0.2, 0) is 14.3 Å². The number of carbonyl (C=O) groups excluding carboxylic acids is 1. The van der Waals surface area contributed by atoms with Gasteiger partial charge in [0, 0.05) is 19.1 Å². The molecule has 0 bridgehead atoms. The average molecular weight is 242 g/mol. The third-order valence-corrected chi connectivity index (χ3v) is 3.87. The van der Waals surface area contributed by atoms with Crippen LogP contribution in [0.25, 0.3) is 0 Å². The Morgan fingerprint density at radius 3 is 3.00 bits per heavy atom. The number of hydrogen-bond acceptors (Lipinski definition) is 5. The number of hydrogen-bond donors (Lipinski definition) is 1. The van der Waals surface area contributed by atoms with Crippen molar-refractivity contribution in [3.8, 4) is 0 Å². The summed E-state index contributed by atoms with van der Waals surface area (Å²) in [6, 6.07) is 0.0275. The molecule has 1 saturated carbocycles. The summed E-state index contributed by atoms with van der Waals surface area (Å²) in [6.07, 6.45) is 4.90. The molecule has 98 valence electrons. The molecular weight excluding hydrogens is 220 g/mol. The van der Waals surface area contributed by atoms with Crippen LogP contribution in [0.15, 0.2) is 0 Å². The molecule has 1 aliphatic carbocycles. The topological polar surface area (TPSA) is 64.8 Å². The van der Waals surface area contributed by atoms with E-state index in [1.807, 2.05) is 0 Å². The third kappa shape index (κ3) is 2.61. The summed E-state index contributed by atoms with van der Waals surface area (Å²) < 4.78 is 10.6. The van der Waals surface area contributed by atoms with Crippen LogP contribution in [-0.4, -0.2) is 55.9 Å². The van der Waals surface area contributed by atoms with Crippen LogP contribution >= 0.6 is 0 Å². The van der Waals surface area contributed by atoms with Crippen LogP contribution in [0.5, 0.6) is 0 Å². The predicted molar refractivity (Wildman–Crippen MR) is 63.6 cm³/mol. The number of nitrogens with zero attached hydrogens (tertiary/aromatic N) is 1. The molecule has 1 saturated heterocycles. The first-order valence-electron chi connectivity index (χ1n) is 6.43. The van der Waals surface area contributed by atoms with Crippen molar-refractivity contribution in [2.24, 2.45) is 5.73 Å². The van der Waals surface area contributed by atoms with Crippen molar-refractivity contribution >= 4 is 5.97 Å². The van der Waals surface area contributed by atoms with Gasteiger partial charge in [-0.3, -0.25) is 9.69 Å². The molecule has 0 radical (unpaired) electrons. The lowest BCUT2D eigenvalue weighted by atomic mass is 9.89. The first kappa shape index (κ1) is 12.8. The van der Waals surface area contributed by atoms with Gasteiger partial charge < -0.3 is 15.2 Å². The molecule has 3 atom stereocenters. The molecule has 2 rings (SSSR count). The van der Waals surface area contributed by atoms with E-state index in [1.54, 1.807) is 0 Å². The summed E-state index contributed by atoms with van der Waals surface area (Å²) in [6.45, 7) is 1.78. The van der Waals surface area contributed by atoms with Crippen LogP contribution in [0, 0.1) is 0 Å². The maximum atomic E-state index is 11.7. The second kappa shape index (κ2) is 5.80. The molecule has 0 aromatic heterocycles. The zero-order chi connectivity index (χ0) is 12.3. The smallest absolute Gasteiger partial charge is 0.324 e. The third-order valence-electron chi connectivity index (χ3n) is 3.87. The zero-order valence-electron chi connectivity index (χ0n) is 10.4. The second-order valence-corrected chi connectivity index (χ2v) is 4.77. The minimum absolute atomic E-state index is 0.223. The van der Waals surface area contributed by atoms with Gasteiger partial charge in [-0.2, -0.15) is 0 Å². The number of carbonyl (C=O) groups is 1. The fourth-order valence-electron chi connectivity index (χ4n) is 3.02. The highest BCUT2D eigenvalue weighted by Crippen LogP contribution is 2.29. The summed E-state index contributed by atoms with van der Waals surface area (Å²) in [5, 5.41) is 0. The molecule has 2 aliphatic rings. The first-order valence-corrected chi connectivity index (χ1v) is 6.43. The number of ether oxygens (including phenoxy) is 2. The van der Waals surface area contributed by atoms with Crippen LogP contribution in [0.2, 0.25) is 0 Å². The lowest BCUT2D eigenvalue weighted by Crippen LogP contribution is -2.60. The molecular formula is C12H22N2O3. The number of esters is 1. The van der Waals surface area contributed by atoms with Gasteiger partial charge in [0.2, 0.25) is 0 Å². The summed E-state index contributed by atoms with van der Waals surface area (Å²) >= 11 is 0. The lowest BCUT2D eigenvalue weighted by Gasteiger charge is -2.46. The van der Waals surface area contributed by atoms with Crippen LogP contribution < -0.4 is 5.73 Å². The average Bonchev–Trinajstić information content (AvgIpc) is 2.39. The predicted octanol–water partition coefficient (Wildman–Crippen LogP) is 0.130. The standard InChI is InChI=1S/C12H22N2O3/c1-16-12(15)10(8-13)14-6-7-17-11-5-3-2-4-9(11)14/h9-11H,2-8,13H2,1H3. The highest BCUT2D eigenvalue weighted by atomic mass is 16.5. The Kier molecular flexibility index (Phi) is 4.36. The molecule has 2 fully saturated rings. The minimum Gasteiger partial charge on any atom is -0.468 e. The van der Waals surface area contributed by atoms with Crippen molar-refractivity contribution in [2.75, 3.05) is 26.8 Å². The molecule has 5 nitrogen and oxygen atoms in total. The largest absolute Gasteiger partial charge is 0.468 e. The number of rotatable bonds is 3. The van der Waals surface area contributed by atoms with Gasteiger partial charge in [-0.1, -0.05) is 12.8 Å². The van der Waals surface area contributed by atoms with E-state index in [2.05, 4.69) is 4.90 Å². The fourth-order valence-corrected chi connectivity index (χ4v) is 3.02. The highest BCUT2D eigenvalue weighted by molar-refractivity contribution is 5.76. The second-order valence-electron chi connectivity index (χ2n) is 4.77. The van der Waals surface area contributed by atoms with E-state index in [-0.39, 0.29) is 18.1 Å². The van der Waals surface area contributed by atoms with Gasteiger partial charge in [-0.25, -0.2) is 0 Å².